The lowest BCUT2D eigenvalue weighted by molar-refractivity contribution is -0.921. The number of likely N-dealkylation sites (tertiary alicyclic amines) is 1. The van der Waals surface area contributed by atoms with Crippen LogP contribution < -0.4 is 26.6 Å². The van der Waals surface area contributed by atoms with E-state index in [0.29, 0.717) is 92.1 Å². The highest BCUT2D eigenvalue weighted by atomic mass is 79.9. The number of nitrogens with one attached hydrogen (secondary N) is 1. The van der Waals surface area contributed by atoms with E-state index in [4.69, 9.17) is 23.7 Å². The number of ether oxygens (including phenoxy) is 5. The van der Waals surface area contributed by atoms with Gasteiger partial charge in [0.15, 0.2) is 12.6 Å². The van der Waals surface area contributed by atoms with Gasteiger partial charge in [-0.25, -0.2) is 9.59 Å². The molecule has 7 heterocycles. The van der Waals surface area contributed by atoms with E-state index in [1.165, 1.54) is 33.8 Å². The quantitative estimate of drug-likeness (QED) is 0.129. The largest absolute Gasteiger partial charge is 1.00 e. The fourth-order valence-electron chi connectivity index (χ4n) is 15.4. The van der Waals surface area contributed by atoms with E-state index in [-0.39, 0.29) is 47.8 Å². The molecule has 16 nitrogen and oxygen atoms in total. The van der Waals surface area contributed by atoms with Crippen LogP contribution in [0.5, 0.6) is 5.75 Å². The van der Waals surface area contributed by atoms with Gasteiger partial charge in [0.25, 0.3) is 5.91 Å². The van der Waals surface area contributed by atoms with E-state index in [1.54, 1.807) is 12.0 Å². The minimum Gasteiger partial charge on any atom is -1.00 e. The number of aromatic nitrogens is 1. The van der Waals surface area contributed by atoms with Gasteiger partial charge in [-0.05, 0) is 73.9 Å². The van der Waals surface area contributed by atoms with Crippen LogP contribution in [0.4, 0.5) is 5.69 Å². The summed E-state index contributed by atoms with van der Waals surface area (Å²) in [5, 5.41) is 14.4. The van der Waals surface area contributed by atoms with Gasteiger partial charge in [0, 0.05) is 90.2 Å². The number of para-hydroxylation sites is 1. The molecule has 71 heavy (non-hydrogen) atoms. The maximum Gasteiger partial charge on any atom is 0.344 e. The van der Waals surface area contributed by atoms with Crippen molar-refractivity contribution in [2.45, 2.75) is 106 Å². The number of likely N-dealkylation sites (N-methyl/N-ethyl adjacent to an activating group) is 1. The Bertz CT molecular complexity index is 2740. The predicted molar refractivity (Wildman–Crippen MR) is 259 cm³/mol. The van der Waals surface area contributed by atoms with Crippen molar-refractivity contribution in [3.05, 3.63) is 82.6 Å². The zero-order chi connectivity index (χ0) is 49.7. The van der Waals surface area contributed by atoms with Gasteiger partial charge in [-0.15, -0.1) is 0 Å². The van der Waals surface area contributed by atoms with Gasteiger partial charge < -0.3 is 65.0 Å². The van der Waals surface area contributed by atoms with Crippen molar-refractivity contribution < 1.29 is 74.2 Å². The third-order valence-electron chi connectivity index (χ3n) is 18.0. The molecule has 6 aliphatic heterocycles. The van der Waals surface area contributed by atoms with Crippen molar-refractivity contribution in [2.24, 2.45) is 11.3 Å². The first-order valence-corrected chi connectivity index (χ1v) is 25.0. The molecular weight excluding hydrogens is 975 g/mol. The number of halogens is 1. The van der Waals surface area contributed by atoms with E-state index in [9.17, 15) is 24.3 Å². The summed E-state index contributed by atoms with van der Waals surface area (Å²) in [6, 6.07) is 10.2. The molecule has 17 heteroatoms. The predicted octanol–water partition coefficient (Wildman–Crippen LogP) is 1.48. The molecule has 0 radical (unpaired) electrons. The monoisotopic (exact) mass is 1040 g/mol. The number of anilines is 1. The third kappa shape index (κ3) is 7.09. The SMILES string of the molecule is CCC1=C[C@H]2C[C@](C(=O)OC)(c3cc4c(cc3OC)N(C)[C@H]3[C@@](O)(C(=O)OC)[C@H](OC(C)=O)[C@]5(CC)C=CCN6CC[C@]43[C@@H]65)c3[nH]c4ccccc4c3CC[N+](CC(=O)N3CCC[C@H]3C(=O)OC)(C1)C2.[Br-]. The summed E-state index contributed by atoms with van der Waals surface area (Å²) >= 11 is 0. The van der Waals surface area contributed by atoms with E-state index in [1.807, 2.05) is 55.3 Å². The molecule has 1 unspecified atom stereocenters. The number of carbonyl (C=O) groups is 5. The van der Waals surface area contributed by atoms with Gasteiger partial charge >= 0.3 is 23.9 Å². The van der Waals surface area contributed by atoms with Crippen LogP contribution >= 0.6 is 0 Å². The van der Waals surface area contributed by atoms with Crippen LogP contribution in [-0.2, 0) is 60.2 Å². The first kappa shape index (κ1) is 50.7. The average Bonchev–Trinajstić information content (AvgIpc) is 4.16. The molecule has 1 spiro atoms. The van der Waals surface area contributed by atoms with Crippen molar-refractivity contribution in [1.82, 2.24) is 14.8 Å². The topological polar surface area (TPSA) is 177 Å². The lowest BCUT2D eigenvalue weighted by Crippen LogP contribution is -3.00. The van der Waals surface area contributed by atoms with Crippen LogP contribution in [0, 0.1) is 11.3 Å². The van der Waals surface area contributed by atoms with Crippen LogP contribution in [0.2, 0.25) is 0 Å². The van der Waals surface area contributed by atoms with Gasteiger partial charge in [-0.2, -0.15) is 0 Å². The summed E-state index contributed by atoms with van der Waals surface area (Å²) in [5.74, 6) is -2.30. The van der Waals surface area contributed by atoms with E-state index >= 15 is 4.79 Å². The third-order valence-corrected chi connectivity index (χ3v) is 18.0. The number of amides is 1. The fourth-order valence-corrected chi connectivity index (χ4v) is 15.4. The second kappa shape index (κ2) is 18.4. The number of carbonyl (C=O) groups excluding carboxylic acids is 5. The van der Waals surface area contributed by atoms with Crippen molar-refractivity contribution >= 4 is 46.4 Å². The van der Waals surface area contributed by atoms with Crippen LogP contribution in [0.3, 0.4) is 0 Å². The number of nitrogens with zero attached hydrogens (tertiary/aromatic N) is 4. The first-order chi connectivity index (χ1) is 33.6. The number of rotatable bonds is 10. The molecule has 1 amide bonds. The molecule has 1 saturated carbocycles. The summed E-state index contributed by atoms with van der Waals surface area (Å²) in [7, 11) is 7.49. The minimum atomic E-state index is -2.34. The van der Waals surface area contributed by atoms with E-state index in [2.05, 4.69) is 35.0 Å². The van der Waals surface area contributed by atoms with Crippen LogP contribution in [-0.4, -0.2) is 165 Å². The molecule has 1 aromatic heterocycles. The highest BCUT2D eigenvalue weighted by molar-refractivity contribution is 5.95. The molecule has 2 saturated heterocycles. The molecule has 1 aliphatic carbocycles. The molecule has 3 aromatic rings. The van der Waals surface area contributed by atoms with Gasteiger partial charge in [0.1, 0.15) is 23.8 Å². The second-order valence-corrected chi connectivity index (χ2v) is 21.1. The molecule has 2 bridgehead atoms. The lowest BCUT2D eigenvalue weighted by atomic mass is 9.47. The summed E-state index contributed by atoms with van der Waals surface area (Å²) in [6.07, 6.45) is 8.86. The molecule has 10 rings (SSSR count). The number of hydrogen-bond donors (Lipinski definition) is 2. The Balaban J connectivity index is 0.00000624. The Morgan fingerprint density at radius 3 is 2.41 bits per heavy atom. The van der Waals surface area contributed by atoms with Crippen molar-refractivity contribution in [3.63, 3.8) is 0 Å². The smallest absolute Gasteiger partial charge is 0.344 e. The van der Waals surface area contributed by atoms with Crippen molar-refractivity contribution in [1.29, 1.82) is 0 Å². The summed E-state index contributed by atoms with van der Waals surface area (Å²) in [4.78, 5) is 80.9. The second-order valence-electron chi connectivity index (χ2n) is 21.1. The van der Waals surface area contributed by atoms with Gasteiger partial charge in [-0.1, -0.05) is 50.3 Å². The number of aliphatic hydroxyl groups is 1. The Hall–Kier alpha value is -5.23. The van der Waals surface area contributed by atoms with Crippen molar-refractivity contribution in [3.8, 4) is 5.75 Å². The highest BCUT2D eigenvalue weighted by Gasteiger charge is 2.80. The molecule has 10 atom stereocenters. The zero-order valence-corrected chi connectivity index (χ0v) is 43.8. The van der Waals surface area contributed by atoms with E-state index in [0.717, 1.165) is 34.9 Å². The molecule has 2 N–H and O–H groups in total. The first-order valence-electron chi connectivity index (χ1n) is 25.0. The molecule has 7 aliphatic rings. The van der Waals surface area contributed by atoms with Crippen LogP contribution in [0.25, 0.3) is 10.9 Å². The number of H-pyrrole nitrogens is 1. The van der Waals surface area contributed by atoms with Crippen LogP contribution in [0.1, 0.15) is 81.7 Å². The number of esters is 4. The molecule has 382 valence electrons. The Morgan fingerprint density at radius 1 is 0.958 bits per heavy atom. The number of fused-ring (bicyclic) bond motifs is 6. The number of methoxy groups -OCH3 is 4. The zero-order valence-electron chi connectivity index (χ0n) is 42.2. The number of benzene rings is 2. The Morgan fingerprint density at radius 2 is 1.72 bits per heavy atom. The van der Waals surface area contributed by atoms with Gasteiger partial charge in [0.05, 0.1) is 47.6 Å². The average molecular weight is 1040 g/mol. The number of quaternary nitrogens is 1. The Kier molecular flexibility index (Phi) is 13.1. The fraction of sp³-hybridized carbons (Fsp3) is 0.574. The van der Waals surface area contributed by atoms with Gasteiger partial charge in [0.2, 0.25) is 5.60 Å². The number of hydrogen-bond acceptors (Lipinski definition) is 13. The maximum absolute atomic E-state index is 15.7. The minimum absolute atomic E-state index is 0. The maximum atomic E-state index is 15.7. The van der Waals surface area contributed by atoms with Crippen LogP contribution in [0.15, 0.2) is 60.2 Å². The van der Waals surface area contributed by atoms with Crippen molar-refractivity contribution in [2.75, 3.05) is 86.2 Å². The summed E-state index contributed by atoms with van der Waals surface area (Å²) in [6.45, 7) is 9.16. The summed E-state index contributed by atoms with van der Waals surface area (Å²) < 4.78 is 29.9. The summed E-state index contributed by atoms with van der Waals surface area (Å²) in [5.41, 5.74) is -0.0517. The molecule has 2 aromatic carbocycles. The highest BCUT2D eigenvalue weighted by Crippen LogP contribution is 2.68. The number of aromatic amines is 1. The van der Waals surface area contributed by atoms with Gasteiger partial charge in [-0.3, -0.25) is 19.3 Å². The lowest BCUT2D eigenvalue weighted by Gasteiger charge is -2.63. The van der Waals surface area contributed by atoms with E-state index < -0.39 is 63.9 Å². The Labute approximate surface area is 425 Å². The molecule has 3 fully saturated rings. The standard InChI is InChI=1S/C54H68N5O11.BrH/c1-9-33-25-34-28-53(49(63)68-7,44-36(35-15-11-12-16-39(35)55-44)18-24-59(29-33,30-34)31-43(61)58-22-13-17-40(58)45(62)67-6)38-26-37-41(27-42(38)66-5)56(4)47-52(37)20-23-57-21-14-19-51(10-2,46(52)57)48(70-32(3)60)54(47,65)50(64)69-8;/h11-12,14-16,19,25-27,34,40,46-48,55,65H,9-10,13,17-18,20-24,28-31H2,1-8H3;1H/q+1;/p-1/t34-,40-,46-,47+,48+,51+,52+,53-,54-,59?;/m0./s1. The normalized spacial score (nSPS) is 33.5. The molecular formula is C54H68BrN5O11.